The Morgan fingerprint density at radius 3 is 3.31 bits per heavy atom. The van der Waals surface area contributed by atoms with Crippen LogP contribution in [-0.2, 0) is 19.9 Å². The van der Waals surface area contributed by atoms with Crippen molar-refractivity contribution >= 4 is 0 Å². The molecule has 0 radical (unpaired) electrons. The van der Waals surface area contributed by atoms with Gasteiger partial charge in [-0.25, -0.2) is 0 Å². The second-order valence-corrected chi connectivity index (χ2v) is 3.66. The minimum Gasteiger partial charge on any atom is -0.272 e. The molecule has 0 aliphatic heterocycles. The monoisotopic (exact) mass is 175 g/mol. The first-order valence-corrected chi connectivity index (χ1v) is 4.70. The minimum atomic E-state index is 0.191. The molecule has 1 aliphatic carbocycles. The number of aromatic nitrogens is 2. The van der Waals surface area contributed by atoms with Crippen molar-refractivity contribution in [1.82, 2.24) is 9.78 Å². The third-order valence-electron chi connectivity index (χ3n) is 2.77. The van der Waals surface area contributed by atoms with Crippen molar-refractivity contribution in [3.8, 4) is 6.07 Å². The summed E-state index contributed by atoms with van der Waals surface area (Å²) in [4.78, 5) is 0. The molecule has 0 spiro atoms. The number of rotatable bonds is 0. The number of aryl methyl sites for hydroxylation is 2. The maximum absolute atomic E-state index is 8.89. The molecule has 1 aromatic heterocycles. The summed E-state index contributed by atoms with van der Waals surface area (Å²) in [7, 11) is 1.96. The fourth-order valence-corrected chi connectivity index (χ4v) is 1.96. The SMILES string of the molecule is Cn1ncc2c1C[C@H](C#N)CCC2. The highest BCUT2D eigenvalue weighted by Crippen LogP contribution is 2.23. The van der Waals surface area contributed by atoms with Crippen LogP contribution in [0.25, 0.3) is 0 Å². The smallest absolute Gasteiger partial charge is 0.0659 e. The summed E-state index contributed by atoms with van der Waals surface area (Å²) < 4.78 is 1.91. The Balaban J connectivity index is 2.32. The summed E-state index contributed by atoms with van der Waals surface area (Å²) in [6.45, 7) is 0. The molecule has 0 fully saturated rings. The molecule has 0 aromatic carbocycles. The number of nitrogens with zero attached hydrogens (tertiary/aromatic N) is 3. The standard InChI is InChI=1S/C10H13N3/c1-13-10-5-8(6-11)3-2-4-9(10)7-12-13/h7-8H,2-5H2,1H3/t8-/m1/s1. The van der Waals surface area contributed by atoms with E-state index in [-0.39, 0.29) is 5.92 Å². The fraction of sp³-hybridized carbons (Fsp3) is 0.600. The van der Waals surface area contributed by atoms with Crippen LogP contribution < -0.4 is 0 Å². The topological polar surface area (TPSA) is 41.6 Å². The van der Waals surface area contributed by atoms with E-state index in [4.69, 9.17) is 5.26 Å². The predicted molar refractivity (Wildman–Crippen MR) is 49.0 cm³/mol. The molecule has 3 nitrogen and oxygen atoms in total. The van der Waals surface area contributed by atoms with Crippen LogP contribution in [0.5, 0.6) is 0 Å². The van der Waals surface area contributed by atoms with E-state index in [1.54, 1.807) is 0 Å². The van der Waals surface area contributed by atoms with Gasteiger partial charge < -0.3 is 0 Å². The van der Waals surface area contributed by atoms with Gasteiger partial charge in [-0.3, -0.25) is 4.68 Å². The van der Waals surface area contributed by atoms with E-state index in [9.17, 15) is 0 Å². The zero-order valence-electron chi connectivity index (χ0n) is 7.82. The van der Waals surface area contributed by atoms with Gasteiger partial charge in [0.1, 0.15) is 0 Å². The normalized spacial score (nSPS) is 21.7. The Kier molecular flexibility index (Phi) is 2.05. The van der Waals surface area contributed by atoms with Gasteiger partial charge in [-0.15, -0.1) is 0 Å². The molecule has 1 aromatic rings. The van der Waals surface area contributed by atoms with Gasteiger partial charge in [0.05, 0.1) is 18.2 Å². The zero-order valence-corrected chi connectivity index (χ0v) is 7.82. The summed E-state index contributed by atoms with van der Waals surface area (Å²) in [5, 5.41) is 13.1. The maximum Gasteiger partial charge on any atom is 0.0659 e. The van der Waals surface area contributed by atoms with Crippen LogP contribution in [0.1, 0.15) is 24.1 Å². The molecule has 1 aliphatic rings. The van der Waals surface area contributed by atoms with Crippen LogP contribution in [0.15, 0.2) is 6.20 Å². The van der Waals surface area contributed by atoms with Crippen molar-refractivity contribution in [2.45, 2.75) is 25.7 Å². The van der Waals surface area contributed by atoms with Gasteiger partial charge in [0, 0.05) is 19.2 Å². The molecule has 0 saturated carbocycles. The molecule has 0 amide bonds. The molecule has 1 heterocycles. The van der Waals surface area contributed by atoms with Gasteiger partial charge >= 0.3 is 0 Å². The van der Waals surface area contributed by atoms with Crippen molar-refractivity contribution < 1.29 is 0 Å². The Hall–Kier alpha value is -1.30. The van der Waals surface area contributed by atoms with E-state index >= 15 is 0 Å². The van der Waals surface area contributed by atoms with Crippen molar-refractivity contribution in [2.24, 2.45) is 13.0 Å². The van der Waals surface area contributed by atoms with Crippen LogP contribution in [0.4, 0.5) is 0 Å². The Labute approximate surface area is 78.0 Å². The first-order valence-electron chi connectivity index (χ1n) is 4.70. The maximum atomic E-state index is 8.89. The van der Waals surface area contributed by atoms with Gasteiger partial charge in [0.2, 0.25) is 0 Å². The average molecular weight is 175 g/mol. The second kappa shape index (κ2) is 3.21. The lowest BCUT2D eigenvalue weighted by Gasteiger charge is -2.04. The highest BCUT2D eigenvalue weighted by molar-refractivity contribution is 5.21. The van der Waals surface area contributed by atoms with E-state index in [0.29, 0.717) is 0 Å². The van der Waals surface area contributed by atoms with E-state index in [1.165, 1.54) is 11.3 Å². The van der Waals surface area contributed by atoms with E-state index in [2.05, 4.69) is 11.2 Å². The molecule has 0 unspecified atom stereocenters. The van der Waals surface area contributed by atoms with Gasteiger partial charge in [0.15, 0.2) is 0 Å². The highest BCUT2D eigenvalue weighted by atomic mass is 15.3. The molecular formula is C10H13N3. The van der Waals surface area contributed by atoms with Gasteiger partial charge in [-0.1, -0.05) is 0 Å². The number of hydrogen-bond acceptors (Lipinski definition) is 2. The number of fused-ring (bicyclic) bond motifs is 1. The van der Waals surface area contributed by atoms with Crippen LogP contribution >= 0.6 is 0 Å². The highest BCUT2D eigenvalue weighted by Gasteiger charge is 2.18. The Bertz CT molecular complexity index is 346. The van der Waals surface area contributed by atoms with E-state index < -0.39 is 0 Å². The largest absolute Gasteiger partial charge is 0.272 e. The van der Waals surface area contributed by atoms with E-state index in [1.807, 2.05) is 17.9 Å². The second-order valence-electron chi connectivity index (χ2n) is 3.66. The van der Waals surface area contributed by atoms with E-state index in [0.717, 1.165) is 25.7 Å². The molecular weight excluding hydrogens is 162 g/mol. The first kappa shape index (κ1) is 8.31. The molecule has 3 heteroatoms. The molecule has 0 N–H and O–H groups in total. The van der Waals surface area contributed by atoms with Crippen molar-refractivity contribution in [3.63, 3.8) is 0 Å². The Morgan fingerprint density at radius 1 is 1.69 bits per heavy atom. The fourth-order valence-electron chi connectivity index (χ4n) is 1.96. The Morgan fingerprint density at radius 2 is 2.54 bits per heavy atom. The van der Waals surface area contributed by atoms with Crippen LogP contribution in [0, 0.1) is 17.2 Å². The van der Waals surface area contributed by atoms with Crippen LogP contribution in [0.3, 0.4) is 0 Å². The number of nitriles is 1. The van der Waals surface area contributed by atoms with Crippen LogP contribution in [-0.4, -0.2) is 9.78 Å². The number of hydrogen-bond donors (Lipinski definition) is 0. The predicted octanol–water partition coefficient (Wildman–Crippen LogP) is 1.44. The quantitative estimate of drug-likeness (QED) is 0.560. The lowest BCUT2D eigenvalue weighted by Crippen LogP contribution is -2.05. The first-order chi connectivity index (χ1) is 6.31. The summed E-state index contributed by atoms with van der Waals surface area (Å²) in [6.07, 6.45) is 6.06. The van der Waals surface area contributed by atoms with Crippen molar-refractivity contribution in [1.29, 1.82) is 5.26 Å². The van der Waals surface area contributed by atoms with Crippen LogP contribution in [0.2, 0.25) is 0 Å². The lowest BCUT2D eigenvalue weighted by atomic mass is 10.0. The molecule has 68 valence electrons. The van der Waals surface area contributed by atoms with Crippen molar-refractivity contribution in [3.05, 3.63) is 17.5 Å². The third kappa shape index (κ3) is 1.44. The average Bonchev–Trinajstić information content (AvgIpc) is 2.41. The van der Waals surface area contributed by atoms with Gasteiger partial charge in [0.25, 0.3) is 0 Å². The van der Waals surface area contributed by atoms with Gasteiger partial charge in [-0.05, 0) is 24.8 Å². The molecule has 1 atom stereocenters. The molecule has 13 heavy (non-hydrogen) atoms. The summed E-state index contributed by atoms with van der Waals surface area (Å²) in [6, 6.07) is 2.36. The zero-order chi connectivity index (χ0) is 9.26. The van der Waals surface area contributed by atoms with Gasteiger partial charge in [-0.2, -0.15) is 10.4 Å². The molecule has 2 rings (SSSR count). The summed E-state index contributed by atoms with van der Waals surface area (Å²) in [5.74, 6) is 0.191. The molecule has 0 bridgehead atoms. The summed E-state index contributed by atoms with van der Waals surface area (Å²) >= 11 is 0. The van der Waals surface area contributed by atoms with Crippen molar-refractivity contribution in [2.75, 3.05) is 0 Å². The summed E-state index contributed by atoms with van der Waals surface area (Å²) in [5.41, 5.74) is 2.59. The third-order valence-corrected chi connectivity index (χ3v) is 2.77. The lowest BCUT2D eigenvalue weighted by molar-refractivity contribution is 0.567. The molecule has 0 saturated heterocycles. The minimum absolute atomic E-state index is 0.191.